The first kappa shape index (κ1) is 17.5. The van der Waals surface area contributed by atoms with Crippen LogP contribution in [0, 0.1) is 0 Å². The average molecular weight is 357 g/mol. The van der Waals surface area contributed by atoms with E-state index in [0.29, 0.717) is 17.2 Å². The SMILES string of the molecule is COc1ccc(NC(=O)CCC2NC(=O)N(Cc3ccco3)C2=O)cc1. The molecule has 1 fully saturated rings. The van der Waals surface area contributed by atoms with Crippen molar-refractivity contribution in [3.63, 3.8) is 0 Å². The molecule has 0 radical (unpaired) electrons. The van der Waals surface area contributed by atoms with Crippen molar-refractivity contribution in [1.29, 1.82) is 0 Å². The Hall–Kier alpha value is -3.29. The fourth-order valence-corrected chi connectivity index (χ4v) is 2.65. The van der Waals surface area contributed by atoms with Gasteiger partial charge in [0.15, 0.2) is 0 Å². The third kappa shape index (κ3) is 4.02. The summed E-state index contributed by atoms with van der Waals surface area (Å²) in [6.07, 6.45) is 1.81. The van der Waals surface area contributed by atoms with Gasteiger partial charge in [-0.15, -0.1) is 0 Å². The van der Waals surface area contributed by atoms with Crippen LogP contribution in [0.25, 0.3) is 0 Å². The summed E-state index contributed by atoms with van der Waals surface area (Å²) in [6, 6.07) is 9.12. The molecule has 0 spiro atoms. The maximum atomic E-state index is 12.3. The number of anilines is 1. The number of imide groups is 1. The Balaban J connectivity index is 1.50. The zero-order chi connectivity index (χ0) is 18.5. The van der Waals surface area contributed by atoms with Crippen molar-refractivity contribution < 1.29 is 23.5 Å². The van der Waals surface area contributed by atoms with Crippen LogP contribution in [-0.4, -0.2) is 35.9 Å². The van der Waals surface area contributed by atoms with E-state index in [4.69, 9.17) is 9.15 Å². The van der Waals surface area contributed by atoms with E-state index >= 15 is 0 Å². The van der Waals surface area contributed by atoms with Crippen molar-refractivity contribution in [2.75, 3.05) is 12.4 Å². The summed E-state index contributed by atoms with van der Waals surface area (Å²) in [5.41, 5.74) is 0.636. The number of carbonyl (C=O) groups is 3. The molecule has 1 unspecified atom stereocenters. The van der Waals surface area contributed by atoms with E-state index in [1.54, 1.807) is 43.5 Å². The van der Waals surface area contributed by atoms with Crippen LogP contribution in [0.2, 0.25) is 0 Å². The highest BCUT2D eigenvalue weighted by atomic mass is 16.5. The molecule has 1 aliphatic rings. The lowest BCUT2D eigenvalue weighted by Gasteiger charge is -2.11. The Bertz CT molecular complexity index is 786. The first-order chi connectivity index (χ1) is 12.6. The van der Waals surface area contributed by atoms with Crippen LogP contribution in [0.1, 0.15) is 18.6 Å². The molecule has 1 atom stereocenters. The zero-order valence-electron chi connectivity index (χ0n) is 14.2. The Kier molecular flexibility index (Phi) is 5.21. The lowest BCUT2D eigenvalue weighted by molar-refractivity contribution is -0.128. The number of hydrogen-bond donors (Lipinski definition) is 2. The highest BCUT2D eigenvalue weighted by Gasteiger charge is 2.38. The lowest BCUT2D eigenvalue weighted by atomic mass is 10.1. The molecule has 1 aromatic carbocycles. The van der Waals surface area contributed by atoms with Gasteiger partial charge >= 0.3 is 6.03 Å². The summed E-state index contributed by atoms with van der Waals surface area (Å²) < 4.78 is 10.2. The fourth-order valence-electron chi connectivity index (χ4n) is 2.65. The third-order valence-electron chi connectivity index (χ3n) is 4.03. The minimum atomic E-state index is -0.709. The van der Waals surface area contributed by atoms with E-state index in [1.165, 1.54) is 6.26 Å². The summed E-state index contributed by atoms with van der Waals surface area (Å²) >= 11 is 0. The number of hydrogen-bond acceptors (Lipinski definition) is 5. The first-order valence-corrected chi connectivity index (χ1v) is 8.15. The predicted octanol–water partition coefficient (Wildman–Crippen LogP) is 2.13. The number of methoxy groups -OCH3 is 1. The Morgan fingerprint density at radius 2 is 2.04 bits per heavy atom. The number of rotatable bonds is 7. The largest absolute Gasteiger partial charge is 0.497 e. The molecule has 0 saturated carbocycles. The molecule has 26 heavy (non-hydrogen) atoms. The molecule has 0 bridgehead atoms. The molecule has 1 aliphatic heterocycles. The van der Waals surface area contributed by atoms with Gasteiger partial charge in [-0.1, -0.05) is 0 Å². The van der Waals surface area contributed by atoms with Crippen molar-refractivity contribution >= 4 is 23.5 Å². The second-order valence-corrected chi connectivity index (χ2v) is 5.82. The minimum absolute atomic E-state index is 0.0756. The fraction of sp³-hybridized carbons (Fsp3) is 0.278. The summed E-state index contributed by atoms with van der Waals surface area (Å²) in [6.45, 7) is 0.0756. The molecule has 8 heteroatoms. The van der Waals surface area contributed by atoms with E-state index in [0.717, 1.165) is 4.90 Å². The monoisotopic (exact) mass is 357 g/mol. The zero-order valence-corrected chi connectivity index (χ0v) is 14.2. The number of urea groups is 1. The predicted molar refractivity (Wildman–Crippen MR) is 92.4 cm³/mol. The summed E-state index contributed by atoms with van der Waals surface area (Å²) in [4.78, 5) is 37.4. The van der Waals surface area contributed by atoms with Gasteiger partial charge in [-0.05, 0) is 42.8 Å². The number of furan rings is 1. The molecule has 4 amide bonds. The van der Waals surface area contributed by atoms with Crippen molar-refractivity contribution in [3.05, 3.63) is 48.4 Å². The molecule has 1 saturated heterocycles. The maximum absolute atomic E-state index is 12.3. The van der Waals surface area contributed by atoms with Gasteiger partial charge in [0.05, 0.1) is 19.9 Å². The molecule has 136 valence electrons. The van der Waals surface area contributed by atoms with Crippen LogP contribution in [0.3, 0.4) is 0 Å². The topological polar surface area (TPSA) is 101 Å². The van der Waals surface area contributed by atoms with Gasteiger partial charge in [0.25, 0.3) is 5.91 Å². The van der Waals surface area contributed by atoms with E-state index in [2.05, 4.69) is 10.6 Å². The number of ether oxygens (including phenoxy) is 1. The highest BCUT2D eigenvalue weighted by molar-refractivity contribution is 6.04. The maximum Gasteiger partial charge on any atom is 0.325 e. The average Bonchev–Trinajstić information content (AvgIpc) is 3.24. The Morgan fingerprint density at radius 1 is 1.27 bits per heavy atom. The second kappa shape index (κ2) is 7.73. The molecule has 1 aromatic heterocycles. The van der Waals surface area contributed by atoms with Crippen molar-refractivity contribution in [2.24, 2.45) is 0 Å². The standard InChI is InChI=1S/C18H19N3O5/c1-25-13-6-4-12(5-7-13)19-16(22)9-8-15-17(23)21(18(24)20-15)11-14-3-2-10-26-14/h2-7,10,15H,8-9,11H2,1H3,(H,19,22)(H,20,24). The van der Waals surface area contributed by atoms with Crippen molar-refractivity contribution in [2.45, 2.75) is 25.4 Å². The lowest BCUT2D eigenvalue weighted by Crippen LogP contribution is -2.31. The Labute approximate surface area is 150 Å². The summed E-state index contributed by atoms with van der Waals surface area (Å²) in [7, 11) is 1.57. The second-order valence-electron chi connectivity index (χ2n) is 5.82. The van der Waals surface area contributed by atoms with Gasteiger partial charge in [-0.25, -0.2) is 4.79 Å². The third-order valence-corrected chi connectivity index (χ3v) is 4.03. The van der Waals surface area contributed by atoms with E-state index in [1.807, 2.05) is 0 Å². The smallest absolute Gasteiger partial charge is 0.325 e. The van der Waals surface area contributed by atoms with Crippen LogP contribution in [0.15, 0.2) is 47.1 Å². The number of nitrogens with one attached hydrogen (secondary N) is 2. The van der Waals surface area contributed by atoms with Gasteiger partial charge < -0.3 is 19.8 Å². The van der Waals surface area contributed by atoms with Crippen LogP contribution in [0.4, 0.5) is 10.5 Å². The molecule has 8 nitrogen and oxygen atoms in total. The van der Waals surface area contributed by atoms with E-state index in [-0.39, 0.29) is 31.2 Å². The van der Waals surface area contributed by atoms with E-state index in [9.17, 15) is 14.4 Å². The number of amides is 4. The van der Waals surface area contributed by atoms with Gasteiger partial charge in [0.1, 0.15) is 17.6 Å². The van der Waals surface area contributed by atoms with Crippen molar-refractivity contribution in [1.82, 2.24) is 10.2 Å². The molecule has 3 rings (SSSR count). The molecule has 2 heterocycles. The first-order valence-electron chi connectivity index (χ1n) is 8.15. The number of carbonyl (C=O) groups excluding carboxylic acids is 3. The molecule has 2 N–H and O–H groups in total. The number of benzene rings is 1. The van der Waals surface area contributed by atoms with E-state index < -0.39 is 12.1 Å². The molecular formula is C18H19N3O5. The molecule has 2 aromatic rings. The minimum Gasteiger partial charge on any atom is -0.497 e. The highest BCUT2D eigenvalue weighted by Crippen LogP contribution is 2.17. The number of nitrogens with zero attached hydrogens (tertiary/aromatic N) is 1. The van der Waals surface area contributed by atoms with Gasteiger partial charge in [-0.2, -0.15) is 0 Å². The quantitative estimate of drug-likeness (QED) is 0.739. The van der Waals surface area contributed by atoms with Crippen LogP contribution in [-0.2, 0) is 16.1 Å². The summed E-state index contributed by atoms with van der Waals surface area (Å²) in [5, 5.41) is 5.34. The molecular weight excluding hydrogens is 338 g/mol. The van der Waals surface area contributed by atoms with Gasteiger partial charge in [0, 0.05) is 12.1 Å². The summed E-state index contributed by atoms with van der Waals surface area (Å²) in [5.74, 6) is 0.621. The van der Waals surface area contributed by atoms with Gasteiger partial charge in [-0.3, -0.25) is 14.5 Å². The van der Waals surface area contributed by atoms with Crippen LogP contribution in [0.5, 0.6) is 5.75 Å². The Morgan fingerprint density at radius 3 is 2.69 bits per heavy atom. The normalized spacial score (nSPS) is 16.5. The van der Waals surface area contributed by atoms with Gasteiger partial charge in [0.2, 0.25) is 5.91 Å². The van der Waals surface area contributed by atoms with Crippen LogP contribution < -0.4 is 15.4 Å². The van der Waals surface area contributed by atoms with Crippen LogP contribution >= 0.6 is 0 Å². The van der Waals surface area contributed by atoms with Crippen molar-refractivity contribution in [3.8, 4) is 5.75 Å². The molecule has 0 aliphatic carbocycles.